The van der Waals surface area contributed by atoms with E-state index < -0.39 is 0 Å². The van der Waals surface area contributed by atoms with Gasteiger partial charge in [0.1, 0.15) is 11.2 Å². The van der Waals surface area contributed by atoms with Crippen molar-refractivity contribution < 1.29 is 4.42 Å². The SMILES string of the molecule is c1ccc(-n2c3ccccc3c3cc(-c4ccc5c(c4)c4cc(-c6cccc7c6oc6ccccc67)ccc4n5-c4ccc(-c5ccc6sc7ccccc7c6c5)cc4)ccc32)cc1. The van der Waals surface area contributed by atoms with E-state index in [1.807, 2.05) is 17.4 Å². The zero-order chi connectivity index (χ0) is 41.9. The first-order valence-corrected chi connectivity index (χ1v) is 22.6. The summed E-state index contributed by atoms with van der Waals surface area (Å²) in [6.45, 7) is 0. The fourth-order valence-corrected chi connectivity index (χ4v) is 11.4. The van der Waals surface area contributed by atoms with E-state index in [0.717, 1.165) is 50.0 Å². The molecule has 0 aliphatic carbocycles. The summed E-state index contributed by atoms with van der Waals surface area (Å²) in [5.74, 6) is 0. The highest BCUT2D eigenvalue weighted by molar-refractivity contribution is 7.25. The lowest BCUT2D eigenvalue weighted by atomic mass is 9.98. The van der Waals surface area contributed by atoms with Crippen LogP contribution in [0.3, 0.4) is 0 Å². The van der Waals surface area contributed by atoms with Gasteiger partial charge < -0.3 is 13.6 Å². The van der Waals surface area contributed by atoms with Gasteiger partial charge in [-0.1, -0.05) is 127 Å². The third-order valence-electron chi connectivity index (χ3n) is 13.3. The maximum Gasteiger partial charge on any atom is 0.143 e. The van der Waals surface area contributed by atoms with Crippen LogP contribution in [0.15, 0.2) is 223 Å². The highest BCUT2D eigenvalue weighted by atomic mass is 32.1. The van der Waals surface area contributed by atoms with E-state index in [2.05, 4.69) is 221 Å². The van der Waals surface area contributed by atoms with Crippen LogP contribution in [0.25, 0.3) is 130 Å². The molecule has 298 valence electrons. The fourth-order valence-electron chi connectivity index (χ4n) is 10.3. The van der Waals surface area contributed by atoms with E-state index in [1.165, 1.54) is 80.5 Å². The van der Waals surface area contributed by atoms with Crippen LogP contribution < -0.4 is 0 Å². The second kappa shape index (κ2) is 13.7. The monoisotopic (exact) mass is 832 g/mol. The van der Waals surface area contributed by atoms with Crippen molar-refractivity contribution in [2.45, 2.75) is 0 Å². The zero-order valence-electron chi connectivity index (χ0n) is 34.5. The van der Waals surface area contributed by atoms with Crippen LogP contribution in [0, 0.1) is 0 Å². The highest BCUT2D eigenvalue weighted by Crippen LogP contribution is 2.42. The summed E-state index contributed by atoms with van der Waals surface area (Å²) >= 11 is 1.86. The first kappa shape index (κ1) is 35.4. The molecule has 0 unspecified atom stereocenters. The molecule has 4 heteroatoms. The lowest BCUT2D eigenvalue weighted by Gasteiger charge is -2.11. The Morgan fingerprint density at radius 3 is 1.56 bits per heavy atom. The van der Waals surface area contributed by atoms with Crippen LogP contribution in [0.2, 0.25) is 0 Å². The summed E-state index contributed by atoms with van der Waals surface area (Å²) in [5, 5.41) is 9.80. The zero-order valence-corrected chi connectivity index (χ0v) is 35.3. The molecule has 0 aliphatic heterocycles. The van der Waals surface area contributed by atoms with Gasteiger partial charge in [-0.25, -0.2) is 0 Å². The number of furan rings is 1. The minimum absolute atomic E-state index is 0.906. The Morgan fingerprint density at radius 2 is 0.797 bits per heavy atom. The largest absolute Gasteiger partial charge is 0.455 e. The maximum absolute atomic E-state index is 6.57. The molecule has 14 rings (SSSR count). The predicted molar refractivity (Wildman–Crippen MR) is 272 cm³/mol. The number of thiophene rings is 1. The van der Waals surface area contributed by atoms with Crippen molar-refractivity contribution in [3.8, 4) is 44.8 Å². The molecule has 10 aromatic carbocycles. The molecule has 0 atom stereocenters. The van der Waals surface area contributed by atoms with Gasteiger partial charge in [-0.3, -0.25) is 0 Å². The van der Waals surface area contributed by atoms with E-state index in [0.29, 0.717) is 0 Å². The quantitative estimate of drug-likeness (QED) is 0.169. The third kappa shape index (κ3) is 5.27. The van der Waals surface area contributed by atoms with E-state index in [9.17, 15) is 0 Å². The maximum atomic E-state index is 6.57. The van der Waals surface area contributed by atoms with Crippen LogP contribution in [-0.2, 0) is 0 Å². The average molecular weight is 833 g/mol. The molecule has 4 heterocycles. The predicted octanol–water partition coefficient (Wildman–Crippen LogP) is 17.1. The molecule has 0 N–H and O–H groups in total. The van der Waals surface area contributed by atoms with Gasteiger partial charge in [0.05, 0.1) is 22.1 Å². The van der Waals surface area contributed by atoms with Gasteiger partial charge in [0.2, 0.25) is 0 Å². The van der Waals surface area contributed by atoms with Gasteiger partial charge in [-0.2, -0.15) is 0 Å². The summed E-state index contributed by atoms with van der Waals surface area (Å²) in [4.78, 5) is 0. The summed E-state index contributed by atoms with van der Waals surface area (Å²) in [6.07, 6.45) is 0. The molecule has 4 aromatic heterocycles. The van der Waals surface area contributed by atoms with Gasteiger partial charge >= 0.3 is 0 Å². The molecule has 0 fully saturated rings. The molecule has 0 saturated heterocycles. The molecular weight excluding hydrogens is 797 g/mol. The molecule has 0 saturated carbocycles. The molecule has 14 aromatic rings. The Kier molecular flexibility index (Phi) is 7.56. The molecule has 0 spiro atoms. The first-order valence-electron chi connectivity index (χ1n) is 21.8. The fraction of sp³-hybridized carbons (Fsp3) is 0. The third-order valence-corrected chi connectivity index (χ3v) is 14.5. The number of fused-ring (bicyclic) bond motifs is 12. The van der Waals surface area contributed by atoms with Crippen LogP contribution >= 0.6 is 11.3 Å². The number of benzene rings is 10. The lowest BCUT2D eigenvalue weighted by molar-refractivity contribution is 0.670. The second-order valence-electron chi connectivity index (χ2n) is 16.9. The normalized spacial score (nSPS) is 12.1. The summed E-state index contributed by atoms with van der Waals surface area (Å²) in [5.41, 5.74) is 15.9. The van der Waals surface area contributed by atoms with Crippen LogP contribution in [0.1, 0.15) is 0 Å². The number of para-hydroxylation sites is 4. The second-order valence-corrected chi connectivity index (χ2v) is 17.9. The Labute approximate surface area is 371 Å². The standard InChI is InChI=1S/C60H36N2OS/c1-2-11-42(12-3-1)61-53-18-7-4-13-45(53)49-33-39(23-29-54(49)61)40-24-30-55-50(34-40)51-36-41(44-16-10-17-48-46-14-5-8-19-57(46)63-60(44)48)25-31-56(51)62(55)43-27-21-37(22-28-43)38-26-32-59-52(35-38)47-15-6-9-20-58(47)64-59/h1-36H. The Morgan fingerprint density at radius 1 is 0.297 bits per heavy atom. The van der Waals surface area contributed by atoms with Gasteiger partial charge in [-0.15, -0.1) is 11.3 Å². The highest BCUT2D eigenvalue weighted by Gasteiger charge is 2.19. The van der Waals surface area contributed by atoms with Crippen molar-refractivity contribution in [2.75, 3.05) is 0 Å². The van der Waals surface area contributed by atoms with Gasteiger partial charge in [0, 0.05) is 69.4 Å². The van der Waals surface area contributed by atoms with Crippen molar-refractivity contribution in [2.24, 2.45) is 0 Å². The Hall–Kier alpha value is -8.18. The average Bonchev–Trinajstić information content (AvgIpc) is 4.11. The van der Waals surface area contributed by atoms with Crippen molar-refractivity contribution in [3.63, 3.8) is 0 Å². The van der Waals surface area contributed by atoms with E-state index in [4.69, 9.17) is 4.42 Å². The number of rotatable bonds is 5. The first-order chi connectivity index (χ1) is 31.7. The van der Waals surface area contributed by atoms with Gasteiger partial charge in [-0.05, 0) is 119 Å². The minimum Gasteiger partial charge on any atom is -0.455 e. The summed E-state index contributed by atoms with van der Waals surface area (Å²) in [6, 6.07) is 79.8. The van der Waals surface area contributed by atoms with Gasteiger partial charge in [0.15, 0.2) is 0 Å². The topological polar surface area (TPSA) is 23.0 Å². The van der Waals surface area contributed by atoms with Crippen LogP contribution in [0.5, 0.6) is 0 Å². The van der Waals surface area contributed by atoms with E-state index in [-0.39, 0.29) is 0 Å². The van der Waals surface area contributed by atoms with Crippen molar-refractivity contribution in [1.29, 1.82) is 0 Å². The smallest absolute Gasteiger partial charge is 0.143 e. The molecule has 3 nitrogen and oxygen atoms in total. The Balaban J connectivity index is 0.949. The van der Waals surface area contributed by atoms with E-state index >= 15 is 0 Å². The number of nitrogens with zero attached hydrogens (tertiary/aromatic N) is 2. The molecule has 64 heavy (non-hydrogen) atoms. The minimum atomic E-state index is 0.906. The summed E-state index contributed by atoms with van der Waals surface area (Å²) in [7, 11) is 0. The number of hydrogen-bond donors (Lipinski definition) is 0. The number of aromatic nitrogens is 2. The molecule has 0 aliphatic rings. The van der Waals surface area contributed by atoms with Crippen LogP contribution in [0.4, 0.5) is 0 Å². The summed E-state index contributed by atoms with van der Waals surface area (Å²) < 4.78 is 14.0. The molecule has 0 radical (unpaired) electrons. The van der Waals surface area contributed by atoms with Crippen molar-refractivity contribution >= 4 is 97.1 Å². The molecule has 0 amide bonds. The van der Waals surface area contributed by atoms with Crippen molar-refractivity contribution in [3.05, 3.63) is 218 Å². The number of hydrogen-bond acceptors (Lipinski definition) is 2. The van der Waals surface area contributed by atoms with Crippen molar-refractivity contribution in [1.82, 2.24) is 9.13 Å². The molecule has 0 bridgehead atoms. The van der Waals surface area contributed by atoms with Crippen LogP contribution in [-0.4, -0.2) is 9.13 Å². The molecular formula is C60H36N2OS. The van der Waals surface area contributed by atoms with Gasteiger partial charge in [0.25, 0.3) is 0 Å². The van der Waals surface area contributed by atoms with E-state index in [1.54, 1.807) is 0 Å². The lowest BCUT2D eigenvalue weighted by Crippen LogP contribution is -1.94. The Bertz CT molecular complexity index is 4180.